The zero-order chi connectivity index (χ0) is 23.0. The van der Waals surface area contributed by atoms with Gasteiger partial charge in [0.2, 0.25) is 5.91 Å². The Bertz CT molecular complexity index is 972. The van der Waals surface area contributed by atoms with E-state index in [1.807, 2.05) is 0 Å². The van der Waals surface area contributed by atoms with Gasteiger partial charge in [-0.05, 0) is 56.0 Å². The molecule has 2 aliphatic rings. The second-order valence-corrected chi connectivity index (χ2v) is 8.93. The minimum absolute atomic E-state index is 0.00475. The summed E-state index contributed by atoms with van der Waals surface area (Å²) in [6.45, 7) is 1.21. The molecule has 1 heterocycles. The summed E-state index contributed by atoms with van der Waals surface area (Å²) < 4.78 is 11.5. The van der Waals surface area contributed by atoms with Crippen molar-refractivity contribution in [3.63, 3.8) is 0 Å². The molecular formula is C25H30ClN3O4. The maximum Gasteiger partial charge on any atom is 0.253 e. The van der Waals surface area contributed by atoms with Crippen LogP contribution >= 0.6 is 11.6 Å². The van der Waals surface area contributed by atoms with Gasteiger partial charge >= 0.3 is 0 Å². The molecule has 1 aliphatic heterocycles. The molecule has 0 bridgehead atoms. The number of hydrogen-bond donors (Lipinski definition) is 3. The number of carbonyl (C=O) groups is 2. The molecule has 0 aromatic heterocycles. The standard InChI is InChI=1S/C25H30ClN3O4/c26-17-11-12-23(33-16-19-8-5-13-32-19)22(14-17)27-15-24(30)29-21-10-4-3-9-20(21)25(31)28-18-6-1-2-7-18/h3-4,9-12,14,18-19,27H,1-2,5-8,13,15-16H2,(H,28,31)(H,29,30). The lowest BCUT2D eigenvalue weighted by Crippen LogP contribution is -2.33. The van der Waals surface area contributed by atoms with E-state index in [2.05, 4.69) is 16.0 Å². The van der Waals surface area contributed by atoms with Gasteiger partial charge < -0.3 is 25.4 Å². The number of halogens is 1. The third-order valence-corrected chi connectivity index (χ3v) is 6.20. The molecule has 7 nitrogen and oxygen atoms in total. The smallest absolute Gasteiger partial charge is 0.253 e. The number of benzene rings is 2. The fourth-order valence-corrected chi connectivity index (χ4v) is 4.39. The fraction of sp³-hybridized carbons (Fsp3) is 0.440. The summed E-state index contributed by atoms with van der Waals surface area (Å²) in [6.07, 6.45) is 6.38. The van der Waals surface area contributed by atoms with Gasteiger partial charge in [0.15, 0.2) is 0 Å². The van der Waals surface area contributed by atoms with Crippen LogP contribution in [0, 0.1) is 0 Å². The van der Waals surface area contributed by atoms with E-state index in [0.717, 1.165) is 45.1 Å². The molecule has 2 aromatic rings. The summed E-state index contributed by atoms with van der Waals surface area (Å²) in [5.74, 6) is 0.172. The molecule has 2 amide bonds. The van der Waals surface area contributed by atoms with Crippen molar-refractivity contribution in [3.8, 4) is 5.75 Å². The quantitative estimate of drug-likeness (QED) is 0.496. The number of ether oxygens (including phenoxy) is 2. The zero-order valence-corrected chi connectivity index (χ0v) is 19.3. The van der Waals surface area contributed by atoms with Crippen LogP contribution in [0.5, 0.6) is 5.75 Å². The first-order chi connectivity index (χ1) is 16.1. The third-order valence-electron chi connectivity index (χ3n) is 5.97. The summed E-state index contributed by atoms with van der Waals surface area (Å²) in [5.41, 5.74) is 1.57. The number of nitrogens with one attached hydrogen (secondary N) is 3. The first kappa shape index (κ1) is 23.4. The third kappa shape index (κ3) is 6.62. The Morgan fingerprint density at radius 3 is 2.64 bits per heavy atom. The SMILES string of the molecule is O=C(CNc1cc(Cl)ccc1OCC1CCCO1)Nc1ccccc1C(=O)NC1CCCC1. The molecular weight excluding hydrogens is 442 g/mol. The topological polar surface area (TPSA) is 88.7 Å². The summed E-state index contributed by atoms with van der Waals surface area (Å²) in [4.78, 5) is 25.4. The van der Waals surface area contributed by atoms with Crippen LogP contribution in [0.2, 0.25) is 5.02 Å². The molecule has 1 unspecified atom stereocenters. The van der Waals surface area contributed by atoms with E-state index >= 15 is 0 Å². The fourth-order valence-electron chi connectivity index (χ4n) is 4.22. The van der Waals surface area contributed by atoms with Gasteiger partial charge in [0.1, 0.15) is 12.4 Å². The van der Waals surface area contributed by atoms with Crippen molar-refractivity contribution >= 4 is 34.8 Å². The van der Waals surface area contributed by atoms with Crippen molar-refractivity contribution in [2.24, 2.45) is 0 Å². The summed E-state index contributed by atoms with van der Waals surface area (Å²) in [5, 5.41) is 9.54. The summed E-state index contributed by atoms with van der Waals surface area (Å²) in [7, 11) is 0. The maximum atomic E-state index is 12.7. The van der Waals surface area contributed by atoms with Crippen molar-refractivity contribution in [1.82, 2.24) is 5.32 Å². The van der Waals surface area contributed by atoms with Crippen molar-refractivity contribution in [1.29, 1.82) is 0 Å². The molecule has 33 heavy (non-hydrogen) atoms. The number of amides is 2. The van der Waals surface area contributed by atoms with Crippen LogP contribution < -0.4 is 20.7 Å². The monoisotopic (exact) mass is 471 g/mol. The Balaban J connectivity index is 1.35. The lowest BCUT2D eigenvalue weighted by atomic mass is 10.1. The van der Waals surface area contributed by atoms with E-state index in [9.17, 15) is 9.59 Å². The van der Waals surface area contributed by atoms with E-state index in [0.29, 0.717) is 34.3 Å². The largest absolute Gasteiger partial charge is 0.489 e. The molecule has 1 saturated heterocycles. The average Bonchev–Trinajstić information content (AvgIpc) is 3.52. The van der Waals surface area contributed by atoms with Gasteiger partial charge in [0, 0.05) is 17.7 Å². The molecule has 0 spiro atoms. The zero-order valence-electron chi connectivity index (χ0n) is 18.6. The number of anilines is 2. The van der Waals surface area contributed by atoms with Crippen molar-refractivity contribution in [3.05, 3.63) is 53.1 Å². The van der Waals surface area contributed by atoms with E-state index in [1.54, 1.807) is 42.5 Å². The molecule has 8 heteroatoms. The van der Waals surface area contributed by atoms with Gasteiger partial charge in [0.25, 0.3) is 5.91 Å². The molecule has 2 aromatic carbocycles. The van der Waals surface area contributed by atoms with Crippen LogP contribution in [0.15, 0.2) is 42.5 Å². The number of hydrogen-bond acceptors (Lipinski definition) is 5. The van der Waals surface area contributed by atoms with Gasteiger partial charge in [-0.15, -0.1) is 0 Å². The Labute approximate surface area is 199 Å². The lowest BCUT2D eigenvalue weighted by molar-refractivity contribution is -0.114. The predicted octanol–water partition coefficient (Wildman–Crippen LogP) is 4.62. The molecule has 0 radical (unpaired) electrons. The van der Waals surface area contributed by atoms with E-state index in [4.69, 9.17) is 21.1 Å². The normalized spacial score (nSPS) is 18.2. The van der Waals surface area contributed by atoms with Gasteiger partial charge in [-0.25, -0.2) is 0 Å². The summed E-state index contributed by atoms with van der Waals surface area (Å²) >= 11 is 6.15. The average molecular weight is 472 g/mol. The second-order valence-electron chi connectivity index (χ2n) is 8.49. The Morgan fingerprint density at radius 2 is 1.85 bits per heavy atom. The van der Waals surface area contributed by atoms with Crippen LogP contribution in [0.3, 0.4) is 0 Å². The highest BCUT2D eigenvalue weighted by Gasteiger charge is 2.20. The van der Waals surface area contributed by atoms with Crippen LogP contribution in [-0.2, 0) is 9.53 Å². The van der Waals surface area contributed by atoms with Gasteiger partial charge in [-0.3, -0.25) is 9.59 Å². The molecule has 1 atom stereocenters. The number of rotatable bonds is 9. The van der Waals surface area contributed by atoms with Gasteiger partial charge in [-0.2, -0.15) is 0 Å². The van der Waals surface area contributed by atoms with Crippen LogP contribution in [-0.4, -0.2) is 43.7 Å². The Morgan fingerprint density at radius 1 is 1.03 bits per heavy atom. The molecule has 4 rings (SSSR count). The van der Waals surface area contributed by atoms with Gasteiger partial charge in [-0.1, -0.05) is 36.6 Å². The molecule has 176 valence electrons. The molecule has 2 fully saturated rings. The van der Waals surface area contributed by atoms with E-state index in [-0.39, 0.29) is 30.5 Å². The molecule has 3 N–H and O–H groups in total. The predicted molar refractivity (Wildman–Crippen MR) is 129 cm³/mol. The highest BCUT2D eigenvalue weighted by molar-refractivity contribution is 6.31. The minimum atomic E-state index is -0.277. The molecule has 1 aliphatic carbocycles. The van der Waals surface area contributed by atoms with Crippen molar-refractivity contribution in [2.75, 3.05) is 30.4 Å². The Kier molecular flexibility index (Phi) is 8.07. The second kappa shape index (κ2) is 11.4. The highest BCUT2D eigenvalue weighted by Crippen LogP contribution is 2.29. The first-order valence-electron chi connectivity index (χ1n) is 11.6. The maximum absolute atomic E-state index is 12.7. The van der Waals surface area contributed by atoms with Crippen LogP contribution in [0.25, 0.3) is 0 Å². The lowest BCUT2D eigenvalue weighted by Gasteiger charge is -2.17. The summed E-state index contributed by atoms with van der Waals surface area (Å²) in [6, 6.07) is 12.5. The van der Waals surface area contributed by atoms with Crippen molar-refractivity contribution in [2.45, 2.75) is 50.7 Å². The van der Waals surface area contributed by atoms with Gasteiger partial charge in [0.05, 0.1) is 29.6 Å². The minimum Gasteiger partial charge on any atom is -0.489 e. The van der Waals surface area contributed by atoms with Crippen LogP contribution in [0.4, 0.5) is 11.4 Å². The Hall–Kier alpha value is -2.77. The molecule has 1 saturated carbocycles. The van der Waals surface area contributed by atoms with Crippen LogP contribution in [0.1, 0.15) is 48.9 Å². The highest BCUT2D eigenvalue weighted by atomic mass is 35.5. The number of para-hydroxylation sites is 1. The van der Waals surface area contributed by atoms with E-state index < -0.39 is 0 Å². The first-order valence-corrected chi connectivity index (χ1v) is 11.9. The van der Waals surface area contributed by atoms with E-state index in [1.165, 1.54) is 0 Å². The number of carbonyl (C=O) groups excluding carboxylic acids is 2. The van der Waals surface area contributed by atoms with Crippen molar-refractivity contribution < 1.29 is 19.1 Å².